The van der Waals surface area contributed by atoms with E-state index >= 15 is 4.39 Å². The number of furan rings is 1. The molecule has 5 heteroatoms. The van der Waals surface area contributed by atoms with E-state index in [1.54, 1.807) is 60.7 Å². The summed E-state index contributed by atoms with van der Waals surface area (Å²) in [6, 6.07) is 18.8. The molecule has 29 heavy (non-hydrogen) atoms. The minimum absolute atomic E-state index is 0.00307. The molecular formula is C24H21FO4. The molecule has 0 unspecified atom stereocenters. The Kier molecular flexibility index (Phi) is 4.92. The summed E-state index contributed by atoms with van der Waals surface area (Å²) in [6.07, 6.45) is 0.888. The molecule has 0 saturated heterocycles. The van der Waals surface area contributed by atoms with Gasteiger partial charge in [-0.1, -0.05) is 54.6 Å². The molecular weight excluding hydrogens is 371 g/mol. The van der Waals surface area contributed by atoms with Crippen LogP contribution in [-0.2, 0) is 17.6 Å². The van der Waals surface area contributed by atoms with E-state index in [0.29, 0.717) is 22.5 Å². The number of hydrogen-bond donors (Lipinski definition) is 1. The van der Waals surface area contributed by atoms with Crippen molar-refractivity contribution in [1.82, 2.24) is 0 Å². The Labute approximate surface area is 168 Å². The SMILES string of the molecule is O=C(c1ccccc1)c1ccccc1C[C@]1(O)CCC(=O)[C@@]1(F)Cc1ccco1. The van der Waals surface area contributed by atoms with Gasteiger partial charge in [-0.2, -0.15) is 0 Å². The van der Waals surface area contributed by atoms with Crippen LogP contribution in [0.1, 0.15) is 40.1 Å². The number of halogens is 1. The van der Waals surface area contributed by atoms with Gasteiger partial charge in [-0.05, 0) is 24.1 Å². The standard InChI is InChI=1S/C24H21FO4/c25-24(16-19-10-6-14-29-19)21(26)12-13-23(24,28)15-18-9-4-5-11-20(18)22(27)17-7-2-1-3-8-17/h1-11,14,28H,12-13,15-16H2/t23-,24+/m1/s1. The van der Waals surface area contributed by atoms with Gasteiger partial charge in [0, 0.05) is 30.4 Å². The first-order valence-electron chi connectivity index (χ1n) is 9.58. The van der Waals surface area contributed by atoms with Gasteiger partial charge in [-0.15, -0.1) is 0 Å². The third kappa shape index (κ3) is 3.42. The van der Waals surface area contributed by atoms with Crippen LogP contribution >= 0.6 is 0 Å². The van der Waals surface area contributed by atoms with Gasteiger partial charge in [0.15, 0.2) is 11.6 Å². The van der Waals surface area contributed by atoms with Crippen LogP contribution in [0.4, 0.5) is 4.39 Å². The fraction of sp³-hybridized carbons (Fsp3) is 0.250. The van der Waals surface area contributed by atoms with E-state index in [9.17, 15) is 14.7 Å². The molecule has 1 fully saturated rings. The van der Waals surface area contributed by atoms with Gasteiger partial charge in [0.05, 0.1) is 6.26 Å². The number of hydrogen-bond acceptors (Lipinski definition) is 4. The zero-order valence-corrected chi connectivity index (χ0v) is 15.8. The molecule has 0 amide bonds. The molecule has 4 nitrogen and oxygen atoms in total. The number of alkyl halides is 1. The summed E-state index contributed by atoms with van der Waals surface area (Å²) in [4.78, 5) is 25.4. The van der Waals surface area contributed by atoms with Crippen LogP contribution in [-0.4, -0.2) is 27.9 Å². The number of Topliss-reactive ketones (excluding diaryl/α,β-unsaturated/α-hetero) is 1. The Bertz CT molecular complexity index is 1030. The lowest BCUT2D eigenvalue weighted by Crippen LogP contribution is -2.53. The van der Waals surface area contributed by atoms with Crippen molar-refractivity contribution in [1.29, 1.82) is 0 Å². The second-order valence-corrected chi connectivity index (χ2v) is 7.54. The largest absolute Gasteiger partial charge is 0.469 e. The fourth-order valence-corrected chi connectivity index (χ4v) is 4.08. The topological polar surface area (TPSA) is 67.5 Å². The summed E-state index contributed by atoms with van der Waals surface area (Å²) in [5.74, 6) is -0.539. The van der Waals surface area contributed by atoms with Crippen LogP contribution in [0.5, 0.6) is 0 Å². The second-order valence-electron chi connectivity index (χ2n) is 7.54. The van der Waals surface area contributed by atoms with E-state index in [4.69, 9.17) is 4.42 Å². The second kappa shape index (κ2) is 7.41. The van der Waals surface area contributed by atoms with Crippen LogP contribution in [0.15, 0.2) is 77.4 Å². The molecule has 0 spiro atoms. The van der Waals surface area contributed by atoms with Crippen molar-refractivity contribution in [3.8, 4) is 0 Å². The predicted molar refractivity (Wildman–Crippen MR) is 105 cm³/mol. The molecule has 1 aliphatic rings. The maximum absolute atomic E-state index is 15.9. The zero-order valence-electron chi connectivity index (χ0n) is 15.8. The van der Waals surface area contributed by atoms with Crippen molar-refractivity contribution in [2.75, 3.05) is 0 Å². The molecule has 1 heterocycles. The Morgan fingerprint density at radius 1 is 1.00 bits per heavy atom. The number of ketones is 2. The lowest BCUT2D eigenvalue weighted by molar-refractivity contribution is -0.141. The van der Waals surface area contributed by atoms with Gasteiger partial charge in [-0.25, -0.2) is 4.39 Å². The van der Waals surface area contributed by atoms with Crippen LogP contribution < -0.4 is 0 Å². The fourth-order valence-electron chi connectivity index (χ4n) is 4.08. The van der Waals surface area contributed by atoms with Crippen molar-refractivity contribution >= 4 is 11.6 Å². The monoisotopic (exact) mass is 392 g/mol. The van der Waals surface area contributed by atoms with Crippen LogP contribution in [0, 0.1) is 0 Å². The molecule has 0 radical (unpaired) electrons. The van der Waals surface area contributed by atoms with Gasteiger partial charge in [0.2, 0.25) is 5.67 Å². The minimum Gasteiger partial charge on any atom is -0.469 e. The number of aliphatic hydroxyl groups is 1. The quantitative estimate of drug-likeness (QED) is 0.642. The number of carbonyl (C=O) groups excluding carboxylic acids is 2. The summed E-state index contributed by atoms with van der Waals surface area (Å²) < 4.78 is 21.1. The van der Waals surface area contributed by atoms with Crippen LogP contribution in [0.25, 0.3) is 0 Å². The molecule has 3 aromatic rings. The zero-order chi connectivity index (χ0) is 20.5. The minimum atomic E-state index is -2.46. The van der Waals surface area contributed by atoms with Crippen molar-refractivity contribution in [3.63, 3.8) is 0 Å². The first-order valence-corrected chi connectivity index (χ1v) is 9.58. The average molecular weight is 392 g/mol. The maximum Gasteiger partial charge on any atom is 0.204 e. The molecule has 1 aliphatic carbocycles. The lowest BCUT2D eigenvalue weighted by Gasteiger charge is -2.34. The molecule has 2 atom stereocenters. The molecule has 0 aliphatic heterocycles. The Morgan fingerprint density at radius 3 is 2.45 bits per heavy atom. The van der Waals surface area contributed by atoms with Crippen LogP contribution in [0.2, 0.25) is 0 Å². The highest BCUT2D eigenvalue weighted by molar-refractivity contribution is 6.10. The summed E-state index contributed by atoms with van der Waals surface area (Å²) >= 11 is 0. The Morgan fingerprint density at radius 2 is 1.72 bits per heavy atom. The van der Waals surface area contributed by atoms with Gasteiger partial charge >= 0.3 is 0 Å². The highest BCUT2D eigenvalue weighted by Crippen LogP contribution is 2.44. The van der Waals surface area contributed by atoms with Crippen molar-refractivity contribution in [3.05, 3.63) is 95.4 Å². The van der Waals surface area contributed by atoms with Gasteiger partial charge in [0.25, 0.3) is 0 Å². The Balaban J connectivity index is 1.68. The third-order valence-electron chi connectivity index (χ3n) is 5.72. The van der Waals surface area contributed by atoms with E-state index in [-0.39, 0.29) is 31.5 Å². The molecule has 4 rings (SSSR count). The first-order chi connectivity index (χ1) is 13.9. The molecule has 1 N–H and O–H groups in total. The van der Waals surface area contributed by atoms with Gasteiger partial charge in [0.1, 0.15) is 11.4 Å². The van der Waals surface area contributed by atoms with E-state index in [0.717, 1.165) is 0 Å². The molecule has 1 aromatic heterocycles. The molecule has 148 valence electrons. The highest BCUT2D eigenvalue weighted by Gasteiger charge is 2.61. The summed E-state index contributed by atoms with van der Waals surface area (Å²) in [7, 11) is 0. The highest BCUT2D eigenvalue weighted by atomic mass is 19.1. The van der Waals surface area contributed by atoms with E-state index in [1.807, 2.05) is 6.07 Å². The van der Waals surface area contributed by atoms with E-state index < -0.39 is 17.1 Å². The summed E-state index contributed by atoms with van der Waals surface area (Å²) in [5.41, 5.74) is -2.96. The lowest BCUT2D eigenvalue weighted by atomic mass is 9.78. The summed E-state index contributed by atoms with van der Waals surface area (Å²) in [5, 5.41) is 11.3. The van der Waals surface area contributed by atoms with Crippen molar-refractivity contribution in [2.45, 2.75) is 37.0 Å². The molecule has 2 aromatic carbocycles. The number of rotatable bonds is 6. The van der Waals surface area contributed by atoms with Crippen LogP contribution in [0.3, 0.4) is 0 Å². The maximum atomic E-state index is 15.9. The Hall–Kier alpha value is -3.05. The van der Waals surface area contributed by atoms with Crippen molar-refractivity contribution < 1.29 is 23.5 Å². The van der Waals surface area contributed by atoms with Crippen molar-refractivity contribution in [2.24, 2.45) is 0 Å². The molecule has 0 bridgehead atoms. The van der Waals surface area contributed by atoms with Gasteiger partial charge in [-0.3, -0.25) is 9.59 Å². The van der Waals surface area contributed by atoms with E-state index in [2.05, 4.69) is 0 Å². The number of benzene rings is 2. The average Bonchev–Trinajstić information content (AvgIpc) is 3.32. The smallest absolute Gasteiger partial charge is 0.204 e. The normalized spacial score (nSPS) is 24.0. The third-order valence-corrected chi connectivity index (χ3v) is 5.72. The summed E-state index contributed by atoms with van der Waals surface area (Å²) in [6.45, 7) is 0. The predicted octanol–water partition coefficient (Wildman–Crippen LogP) is 4.10. The van der Waals surface area contributed by atoms with E-state index in [1.165, 1.54) is 6.26 Å². The molecule has 1 saturated carbocycles. The van der Waals surface area contributed by atoms with Gasteiger partial charge < -0.3 is 9.52 Å². The number of carbonyl (C=O) groups is 2. The first kappa shape index (κ1) is 19.3.